The number of fused-ring (bicyclic) bond motifs is 1. The number of rotatable bonds is 4. The molecule has 0 aliphatic carbocycles. The molecule has 1 aliphatic rings. The number of methoxy groups -OCH3 is 1. The molecule has 0 bridgehead atoms. The van der Waals surface area contributed by atoms with E-state index in [1.807, 2.05) is 35.2 Å². The normalized spacial score (nSPS) is 14.9. The van der Waals surface area contributed by atoms with Gasteiger partial charge in [-0.2, -0.15) is 0 Å². The predicted octanol–water partition coefficient (Wildman–Crippen LogP) is 3.94. The third-order valence-electron chi connectivity index (χ3n) is 3.52. The first-order chi connectivity index (χ1) is 11.1. The van der Waals surface area contributed by atoms with E-state index in [-0.39, 0.29) is 11.5 Å². The van der Waals surface area contributed by atoms with E-state index in [4.69, 9.17) is 4.74 Å². The van der Waals surface area contributed by atoms with Gasteiger partial charge in [-0.25, -0.2) is 0 Å². The lowest BCUT2D eigenvalue weighted by Crippen LogP contribution is -2.17. The summed E-state index contributed by atoms with van der Waals surface area (Å²) in [6, 6.07) is 13.1. The fourth-order valence-electron chi connectivity index (χ4n) is 2.49. The van der Waals surface area contributed by atoms with E-state index in [2.05, 4.69) is 0 Å². The Bertz CT molecular complexity index is 786. The zero-order valence-corrected chi connectivity index (χ0v) is 13.8. The lowest BCUT2D eigenvalue weighted by molar-refractivity contribution is -0.112. The third kappa shape index (κ3) is 3.35. The average molecular weight is 327 g/mol. The van der Waals surface area contributed by atoms with Crippen LogP contribution in [-0.4, -0.2) is 18.0 Å². The van der Waals surface area contributed by atoms with Crippen molar-refractivity contribution in [3.8, 4) is 11.5 Å². The topological polar surface area (TPSA) is 49.8 Å². The van der Waals surface area contributed by atoms with Crippen LogP contribution in [0.15, 0.2) is 58.5 Å². The quantitative estimate of drug-likeness (QED) is 0.862. The number of anilines is 1. The molecule has 0 atom stereocenters. The number of allylic oxidation sites excluding steroid dienone is 1. The molecule has 0 saturated heterocycles. The molecule has 3 rings (SSSR count). The second-order valence-electron chi connectivity index (χ2n) is 5.28. The summed E-state index contributed by atoms with van der Waals surface area (Å²) in [6.45, 7) is 2.14. The Hall–Kier alpha value is -2.40. The van der Waals surface area contributed by atoms with E-state index in [9.17, 15) is 9.90 Å². The fourth-order valence-corrected chi connectivity index (χ4v) is 3.62. The fraction of sp³-hybridized carbons (Fsp3) is 0.167. The van der Waals surface area contributed by atoms with Crippen molar-refractivity contribution in [2.24, 2.45) is 0 Å². The Morgan fingerprint density at radius 1 is 1.30 bits per heavy atom. The Balaban J connectivity index is 1.99. The predicted molar refractivity (Wildman–Crippen MR) is 91.9 cm³/mol. The molecule has 1 N–H and O–H groups in total. The highest BCUT2D eigenvalue weighted by atomic mass is 32.2. The van der Waals surface area contributed by atoms with E-state index in [1.165, 1.54) is 18.7 Å². The molecule has 0 unspecified atom stereocenters. The van der Waals surface area contributed by atoms with Crippen LogP contribution in [0.4, 0.5) is 5.69 Å². The van der Waals surface area contributed by atoms with Crippen LogP contribution in [0, 0.1) is 0 Å². The molecule has 0 fully saturated rings. The van der Waals surface area contributed by atoms with Crippen molar-refractivity contribution in [3.63, 3.8) is 0 Å². The number of aromatic hydroxyl groups is 1. The van der Waals surface area contributed by atoms with Crippen molar-refractivity contribution >= 4 is 23.2 Å². The first-order valence-electron chi connectivity index (χ1n) is 7.20. The number of thioether (sulfide) groups is 1. The van der Waals surface area contributed by atoms with Crippen LogP contribution in [0.5, 0.6) is 11.5 Å². The summed E-state index contributed by atoms with van der Waals surface area (Å²) >= 11 is 1.53. The van der Waals surface area contributed by atoms with Gasteiger partial charge in [-0.3, -0.25) is 4.79 Å². The van der Waals surface area contributed by atoms with E-state index in [0.717, 1.165) is 26.9 Å². The molecule has 0 amide bonds. The first kappa shape index (κ1) is 15.5. The highest BCUT2D eigenvalue weighted by Gasteiger charge is 2.26. The lowest BCUT2D eigenvalue weighted by Gasteiger charge is -2.21. The maximum Gasteiger partial charge on any atom is 0.155 e. The number of phenolic OH excluding ortho intramolecular Hbond substituents is 1. The number of carbonyl (C=O) groups excluding carboxylic acids is 1. The molecule has 4 nitrogen and oxygen atoms in total. The van der Waals surface area contributed by atoms with Gasteiger partial charge in [-0.05, 0) is 36.8 Å². The molecule has 0 spiro atoms. The number of hydrogen-bond donors (Lipinski definition) is 1. The van der Waals surface area contributed by atoms with Crippen LogP contribution in [-0.2, 0) is 11.3 Å². The maximum atomic E-state index is 11.5. The van der Waals surface area contributed by atoms with Crippen LogP contribution < -0.4 is 9.64 Å². The standard InChI is InChI=1S/C18H17NO3S/c1-12(20)8-18-19(11-13-4-3-5-15(9-13)22-2)16-10-14(21)6-7-17(16)23-18/h3-10,21H,11H2,1-2H3/b18-8-. The molecule has 23 heavy (non-hydrogen) atoms. The largest absolute Gasteiger partial charge is 0.508 e. The van der Waals surface area contributed by atoms with E-state index in [0.29, 0.717) is 6.54 Å². The Morgan fingerprint density at radius 2 is 2.13 bits per heavy atom. The molecular weight excluding hydrogens is 310 g/mol. The van der Waals surface area contributed by atoms with Crippen molar-refractivity contribution in [1.29, 1.82) is 0 Å². The van der Waals surface area contributed by atoms with Gasteiger partial charge in [0.15, 0.2) is 5.78 Å². The minimum atomic E-state index is 0.000158. The number of hydrogen-bond acceptors (Lipinski definition) is 5. The van der Waals surface area contributed by atoms with Crippen LogP contribution in [0.1, 0.15) is 12.5 Å². The molecule has 0 aromatic heterocycles. The van der Waals surface area contributed by atoms with Gasteiger partial charge in [0.05, 0.1) is 17.8 Å². The van der Waals surface area contributed by atoms with Crippen molar-refractivity contribution in [2.45, 2.75) is 18.4 Å². The van der Waals surface area contributed by atoms with Crippen LogP contribution >= 0.6 is 11.8 Å². The number of carbonyl (C=O) groups is 1. The summed E-state index contributed by atoms with van der Waals surface area (Å²) in [4.78, 5) is 14.6. The molecule has 2 aromatic rings. The Morgan fingerprint density at radius 3 is 2.87 bits per heavy atom. The molecule has 0 saturated carbocycles. The molecule has 118 valence electrons. The smallest absolute Gasteiger partial charge is 0.155 e. The number of ether oxygens (including phenoxy) is 1. The first-order valence-corrected chi connectivity index (χ1v) is 8.02. The average Bonchev–Trinajstić information content (AvgIpc) is 2.84. The van der Waals surface area contributed by atoms with Gasteiger partial charge in [0, 0.05) is 23.6 Å². The Labute approximate surface area is 139 Å². The summed E-state index contributed by atoms with van der Waals surface area (Å²) in [5, 5.41) is 10.7. The van der Waals surface area contributed by atoms with Crippen molar-refractivity contribution < 1.29 is 14.6 Å². The minimum absolute atomic E-state index is 0.000158. The Kier molecular flexibility index (Phi) is 4.30. The van der Waals surface area contributed by atoms with Crippen LogP contribution in [0.2, 0.25) is 0 Å². The molecule has 1 aliphatic heterocycles. The van der Waals surface area contributed by atoms with Crippen LogP contribution in [0.3, 0.4) is 0 Å². The minimum Gasteiger partial charge on any atom is -0.508 e. The highest BCUT2D eigenvalue weighted by molar-refractivity contribution is 8.03. The van der Waals surface area contributed by atoms with Crippen LogP contribution in [0.25, 0.3) is 0 Å². The molecule has 5 heteroatoms. The van der Waals surface area contributed by atoms with Crippen molar-refractivity contribution in [2.75, 3.05) is 12.0 Å². The maximum absolute atomic E-state index is 11.5. The molecule has 0 radical (unpaired) electrons. The molecule has 2 aromatic carbocycles. The van der Waals surface area contributed by atoms with Gasteiger partial charge in [0.25, 0.3) is 0 Å². The zero-order chi connectivity index (χ0) is 16.4. The second kappa shape index (κ2) is 6.38. The summed E-state index contributed by atoms with van der Waals surface area (Å²) in [6.07, 6.45) is 1.63. The number of phenols is 1. The van der Waals surface area contributed by atoms with Gasteiger partial charge in [-0.1, -0.05) is 23.9 Å². The monoisotopic (exact) mass is 327 g/mol. The lowest BCUT2D eigenvalue weighted by atomic mass is 10.2. The number of benzene rings is 2. The van der Waals surface area contributed by atoms with Gasteiger partial charge in [0.2, 0.25) is 0 Å². The van der Waals surface area contributed by atoms with E-state index in [1.54, 1.807) is 25.3 Å². The van der Waals surface area contributed by atoms with Crippen molar-refractivity contribution in [3.05, 3.63) is 59.1 Å². The SMILES string of the molecule is COc1cccc(CN2/C(=C/C(C)=O)Sc3ccc(O)cc32)c1. The zero-order valence-electron chi connectivity index (χ0n) is 12.9. The number of nitrogens with zero attached hydrogens (tertiary/aromatic N) is 1. The second-order valence-corrected chi connectivity index (χ2v) is 6.35. The summed E-state index contributed by atoms with van der Waals surface area (Å²) < 4.78 is 5.27. The van der Waals surface area contributed by atoms with E-state index >= 15 is 0 Å². The van der Waals surface area contributed by atoms with Gasteiger partial charge >= 0.3 is 0 Å². The summed E-state index contributed by atoms with van der Waals surface area (Å²) in [7, 11) is 1.64. The summed E-state index contributed by atoms with van der Waals surface area (Å²) in [5.74, 6) is 1.01. The van der Waals surface area contributed by atoms with Crippen molar-refractivity contribution in [1.82, 2.24) is 0 Å². The highest BCUT2D eigenvalue weighted by Crippen LogP contribution is 2.47. The summed E-state index contributed by atoms with van der Waals surface area (Å²) in [5.41, 5.74) is 1.97. The molecule has 1 heterocycles. The van der Waals surface area contributed by atoms with Gasteiger partial charge in [0.1, 0.15) is 11.5 Å². The third-order valence-corrected chi connectivity index (χ3v) is 4.63. The molecular formula is C18H17NO3S. The van der Waals surface area contributed by atoms with Gasteiger partial charge in [-0.15, -0.1) is 0 Å². The van der Waals surface area contributed by atoms with E-state index < -0.39 is 0 Å². The van der Waals surface area contributed by atoms with Gasteiger partial charge < -0.3 is 14.7 Å². The number of ketones is 1.